The summed E-state index contributed by atoms with van der Waals surface area (Å²) in [5, 5.41) is 19.4. The van der Waals surface area contributed by atoms with E-state index < -0.39 is 16.1 Å². The van der Waals surface area contributed by atoms with Gasteiger partial charge in [0.25, 0.3) is 0 Å². The zero-order valence-electron chi connectivity index (χ0n) is 10.7. The van der Waals surface area contributed by atoms with Crippen LogP contribution in [-0.2, 0) is 4.79 Å². The Kier molecular flexibility index (Phi) is 5.62. The molecule has 1 unspecified atom stereocenters. The van der Waals surface area contributed by atoms with Gasteiger partial charge in [0, 0.05) is 0 Å². The Balaban J connectivity index is 3.15. The van der Waals surface area contributed by atoms with Crippen LogP contribution in [0.25, 0.3) is 0 Å². The second kappa shape index (κ2) is 6.98. The van der Waals surface area contributed by atoms with E-state index in [1.54, 1.807) is 19.9 Å². The molecule has 19 heavy (non-hydrogen) atoms. The monoisotopic (exact) mass is 285 g/mol. The number of nitro benzene ring substituents is 1. The summed E-state index contributed by atoms with van der Waals surface area (Å²) in [5.41, 5.74) is -0.172. The third-order valence-electron chi connectivity index (χ3n) is 2.36. The molecular formula is C12H15NO5S. The number of carboxylic acid groups (broad SMARTS) is 1. The average Bonchev–Trinajstić information content (AvgIpc) is 2.35. The van der Waals surface area contributed by atoms with Gasteiger partial charge in [-0.05, 0) is 25.5 Å². The number of benzene rings is 1. The van der Waals surface area contributed by atoms with Crippen LogP contribution >= 0.6 is 11.8 Å². The molecule has 1 atom stereocenters. The number of carboxylic acids is 1. The number of nitrogens with zero attached hydrogens (tertiary/aromatic N) is 1. The molecule has 0 heterocycles. The van der Waals surface area contributed by atoms with Crippen LogP contribution in [0, 0.1) is 10.1 Å². The van der Waals surface area contributed by atoms with Crippen LogP contribution < -0.4 is 4.74 Å². The number of thioether (sulfide) groups is 1. The minimum atomic E-state index is -0.983. The van der Waals surface area contributed by atoms with Gasteiger partial charge in [-0.1, -0.05) is 13.0 Å². The Morgan fingerprint density at radius 2 is 2.21 bits per heavy atom. The van der Waals surface area contributed by atoms with Crippen LogP contribution in [0.1, 0.15) is 20.3 Å². The summed E-state index contributed by atoms with van der Waals surface area (Å²) < 4.78 is 5.21. The quantitative estimate of drug-likeness (QED) is 0.470. The fourth-order valence-electron chi connectivity index (χ4n) is 1.51. The topological polar surface area (TPSA) is 89.7 Å². The van der Waals surface area contributed by atoms with Crippen molar-refractivity contribution < 1.29 is 19.6 Å². The number of nitro groups is 1. The van der Waals surface area contributed by atoms with Crippen LogP contribution in [-0.4, -0.2) is 27.9 Å². The molecule has 1 aromatic carbocycles. The third-order valence-corrected chi connectivity index (χ3v) is 3.76. The molecule has 1 rings (SSSR count). The second-order valence-corrected chi connectivity index (χ2v) is 4.89. The van der Waals surface area contributed by atoms with Crippen molar-refractivity contribution in [2.75, 3.05) is 6.61 Å². The zero-order valence-corrected chi connectivity index (χ0v) is 11.5. The Morgan fingerprint density at radius 1 is 1.53 bits per heavy atom. The van der Waals surface area contributed by atoms with Gasteiger partial charge < -0.3 is 9.84 Å². The molecule has 104 valence electrons. The van der Waals surface area contributed by atoms with Gasteiger partial charge in [0.05, 0.1) is 16.4 Å². The van der Waals surface area contributed by atoms with Gasteiger partial charge in [-0.3, -0.25) is 14.9 Å². The minimum absolute atomic E-state index is 0.165. The largest absolute Gasteiger partial charge is 0.487 e. The van der Waals surface area contributed by atoms with E-state index in [0.29, 0.717) is 17.9 Å². The molecule has 1 aromatic rings. The molecule has 0 aliphatic heterocycles. The normalized spacial score (nSPS) is 11.9. The highest BCUT2D eigenvalue weighted by molar-refractivity contribution is 8.00. The summed E-state index contributed by atoms with van der Waals surface area (Å²) in [6.45, 7) is 3.77. The SMILES string of the molecule is CCOc1cccc(SC(CC)C(=O)O)c1[N+](=O)[O-]. The lowest BCUT2D eigenvalue weighted by molar-refractivity contribution is -0.388. The number of aliphatic carboxylic acids is 1. The third kappa shape index (κ3) is 3.85. The minimum Gasteiger partial charge on any atom is -0.487 e. The Morgan fingerprint density at radius 3 is 2.68 bits per heavy atom. The Labute approximate surface area is 114 Å². The maximum atomic E-state index is 11.1. The lowest BCUT2D eigenvalue weighted by atomic mass is 10.3. The van der Waals surface area contributed by atoms with Crippen LogP contribution in [0.3, 0.4) is 0 Å². The molecule has 0 bridgehead atoms. The van der Waals surface area contributed by atoms with Gasteiger partial charge in [-0.15, -0.1) is 11.8 Å². The van der Waals surface area contributed by atoms with Crippen molar-refractivity contribution in [1.82, 2.24) is 0 Å². The summed E-state index contributed by atoms with van der Waals surface area (Å²) in [5.74, 6) is -0.818. The predicted octanol–water partition coefficient (Wildman–Crippen LogP) is 2.95. The summed E-state index contributed by atoms with van der Waals surface area (Å²) in [6, 6.07) is 4.67. The summed E-state index contributed by atoms with van der Waals surface area (Å²) >= 11 is 0.971. The lowest BCUT2D eigenvalue weighted by Gasteiger charge is -2.11. The summed E-state index contributed by atoms with van der Waals surface area (Å²) in [4.78, 5) is 21.9. The number of hydrogen-bond donors (Lipinski definition) is 1. The zero-order chi connectivity index (χ0) is 14.4. The summed E-state index contributed by atoms with van der Waals surface area (Å²) in [7, 11) is 0. The average molecular weight is 285 g/mol. The lowest BCUT2D eigenvalue weighted by Crippen LogP contribution is -2.15. The number of carbonyl (C=O) groups is 1. The Hall–Kier alpha value is -1.76. The fraction of sp³-hybridized carbons (Fsp3) is 0.417. The molecule has 0 radical (unpaired) electrons. The highest BCUT2D eigenvalue weighted by atomic mass is 32.2. The van der Waals surface area contributed by atoms with Gasteiger partial charge >= 0.3 is 11.7 Å². The van der Waals surface area contributed by atoms with E-state index in [4.69, 9.17) is 9.84 Å². The molecule has 0 fully saturated rings. The van der Waals surface area contributed by atoms with E-state index in [-0.39, 0.29) is 11.4 Å². The maximum absolute atomic E-state index is 11.1. The first-order valence-corrected chi connectivity index (χ1v) is 6.68. The Bertz CT molecular complexity index is 477. The van der Waals surface area contributed by atoms with Crippen molar-refractivity contribution in [3.05, 3.63) is 28.3 Å². The molecule has 0 amide bonds. The molecule has 0 aliphatic rings. The highest BCUT2D eigenvalue weighted by Gasteiger charge is 2.25. The van der Waals surface area contributed by atoms with Crippen molar-refractivity contribution >= 4 is 23.4 Å². The van der Waals surface area contributed by atoms with E-state index >= 15 is 0 Å². The van der Waals surface area contributed by atoms with E-state index in [1.807, 2.05) is 0 Å². The number of rotatable bonds is 7. The number of ether oxygens (including phenoxy) is 1. The molecule has 0 aromatic heterocycles. The first kappa shape index (κ1) is 15.3. The van der Waals surface area contributed by atoms with Crippen molar-refractivity contribution in [1.29, 1.82) is 0 Å². The number of para-hydroxylation sites is 1. The summed E-state index contributed by atoms with van der Waals surface area (Å²) in [6.07, 6.45) is 0.385. The van der Waals surface area contributed by atoms with Gasteiger partial charge in [-0.25, -0.2) is 0 Å². The molecule has 6 nitrogen and oxygen atoms in total. The molecule has 1 N–H and O–H groups in total. The molecule has 7 heteroatoms. The maximum Gasteiger partial charge on any atom is 0.324 e. The second-order valence-electron chi connectivity index (χ2n) is 3.65. The van der Waals surface area contributed by atoms with E-state index in [1.165, 1.54) is 12.1 Å². The van der Waals surface area contributed by atoms with Crippen molar-refractivity contribution in [3.8, 4) is 5.75 Å². The van der Waals surface area contributed by atoms with Gasteiger partial charge in [0.15, 0.2) is 5.75 Å². The standard InChI is InChI=1S/C12H15NO5S/c1-3-9(12(14)15)19-10-7-5-6-8(18-4-2)11(10)13(16)17/h5-7,9H,3-4H2,1-2H3,(H,14,15). The highest BCUT2D eigenvalue weighted by Crippen LogP contribution is 2.39. The van der Waals surface area contributed by atoms with Gasteiger partial charge in [0.1, 0.15) is 5.25 Å². The molecule has 0 spiro atoms. The molecule has 0 saturated heterocycles. The molecule has 0 saturated carbocycles. The van der Waals surface area contributed by atoms with Crippen LogP contribution in [0.4, 0.5) is 5.69 Å². The molecular weight excluding hydrogens is 270 g/mol. The van der Waals surface area contributed by atoms with E-state index in [9.17, 15) is 14.9 Å². The van der Waals surface area contributed by atoms with Crippen molar-refractivity contribution in [3.63, 3.8) is 0 Å². The van der Waals surface area contributed by atoms with Crippen LogP contribution in [0.15, 0.2) is 23.1 Å². The predicted molar refractivity (Wildman–Crippen MR) is 71.8 cm³/mol. The van der Waals surface area contributed by atoms with Crippen LogP contribution in [0.5, 0.6) is 5.75 Å². The van der Waals surface area contributed by atoms with Crippen LogP contribution in [0.2, 0.25) is 0 Å². The first-order valence-electron chi connectivity index (χ1n) is 5.80. The fourth-order valence-corrected chi connectivity index (χ4v) is 2.53. The number of hydrogen-bond acceptors (Lipinski definition) is 5. The molecule has 0 aliphatic carbocycles. The van der Waals surface area contributed by atoms with Gasteiger partial charge in [0.2, 0.25) is 0 Å². The van der Waals surface area contributed by atoms with E-state index in [2.05, 4.69) is 0 Å². The van der Waals surface area contributed by atoms with Crippen molar-refractivity contribution in [2.24, 2.45) is 0 Å². The smallest absolute Gasteiger partial charge is 0.324 e. The first-order chi connectivity index (χ1) is 9.01. The van der Waals surface area contributed by atoms with E-state index in [0.717, 1.165) is 11.8 Å². The van der Waals surface area contributed by atoms with Gasteiger partial charge in [-0.2, -0.15) is 0 Å². The van der Waals surface area contributed by atoms with Crippen molar-refractivity contribution in [2.45, 2.75) is 30.4 Å².